The highest BCUT2D eigenvalue weighted by atomic mass is 16.5. The van der Waals surface area contributed by atoms with Crippen molar-refractivity contribution in [2.45, 2.75) is 46.1 Å². The maximum absolute atomic E-state index is 13.5. The highest BCUT2D eigenvalue weighted by Gasteiger charge is 2.48. The fourth-order valence-corrected chi connectivity index (χ4v) is 4.53. The third-order valence-electron chi connectivity index (χ3n) is 6.60. The molecule has 0 saturated carbocycles. The molecule has 0 spiro atoms. The number of carbonyl (C=O) groups excluding carboxylic acids is 2. The number of Topliss-reactive ketones (excluding diaryl/α,β-unsaturated/α-hetero) is 1. The number of aliphatic hydroxyl groups excluding tert-OH is 1. The summed E-state index contributed by atoms with van der Waals surface area (Å²) in [6.45, 7) is 11.0. The molecule has 1 aliphatic heterocycles. The zero-order valence-electron chi connectivity index (χ0n) is 22.8. The molecule has 1 N–H and O–H groups in total. The first kappa shape index (κ1) is 27.0. The predicted octanol–water partition coefficient (Wildman–Crippen LogP) is 6.65. The van der Waals surface area contributed by atoms with Crippen molar-refractivity contribution in [3.8, 4) is 11.5 Å². The lowest BCUT2D eigenvalue weighted by Gasteiger charge is -2.27. The van der Waals surface area contributed by atoms with E-state index in [1.54, 1.807) is 37.4 Å². The average Bonchev–Trinajstić information content (AvgIpc) is 3.16. The van der Waals surface area contributed by atoms with Gasteiger partial charge in [-0.05, 0) is 59.4 Å². The number of benzene rings is 3. The fraction of sp³-hybridized carbons (Fsp3) is 0.312. The lowest BCUT2D eigenvalue weighted by molar-refractivity contribution is -0.132. The monoisotopic (exact) mass is 513 g/mol. The number of ketones is 1. The van der Waals surface area contributed by atoms with E-state index in [9.17, 15) is 14.7 Å². The summed E-state index contributed by atoms with van der Waals surface area (Å²) in [6, 6.07) is 20.8. The number of nitrogens with zero attached hydrogens (tertiary/aromatic N) is 1. The summed E-state index contributed by atoms with van der Waals surface area (Å²) in [5.74, 6) is -0.155. The Balaban J connectivity index is 1.84. The molecular formula is C32H35NO5. The molecule has 4 rings (SSSR count). The molecule has 1 atom stereocenters. The fourth-order valence-electron chi connectivity index (χ4n) is 4.53. The van der Waals surface area contributed by atoms with Crippen LogP contribution in [0.4, 0.5) is 5.69 Å². The van der Waals surface area contributed by atoms with Crippen molar-refractivity contribution in [2.75, 3.05) is 18.6 Å². The second kappa shape index (κ2) is 10.7. The topological polar surface area (TPSA) is 76.1 Å². The summed E-state index contributed by atoms with van der Waals surface area (Å²) in [5, 5.41) is 11.4. The van der Waals surface area contributed by atoms with Crippen molar-refractivity contribution >= 4 is 23.1 Å². The molecule has 6 heteroatoms. The van der Waals surface area contributed by atoms with Crippen LogP contribution in [0.25, 0.3) is 5.76 Å². The molecule has 198 valence electrons. The van der Waals surface area contributed by atoms with E-state index in [2.05, 4.69) is 34.6 Å². The van der Waals surface area contributed by atoms with Crippen molar-refractivity contribution in [1.82, 2.24) is 0 Å². The minimum absolute atomic E-state index is 0.00949. The Labute approximate surface area is 224 Å². The quantitative estimate of drug-likeness (QED) is 0.217. The smallest absolute Gasteiger partial charge is 0.300 e. The Hall–Kier alpha value is -4.06. The number of aliphatic hydroxyl groups is 1. The van der Waals surface area contributed by atoms with E-state index in [4.69, 9.17) is 9.47 Å². The molecule has 1 heterocycles. The van der Waals surface area contributed by atoms with E-state index < -0.39 is 17.7 Å². The lowest BCUT2D eigenvalue weighted by Crippen LogP contribution is -2.29. The van der Waals surface area contributed by atoms with Crippen LogP contribution in [0.3, 0.4) is 0 Å². The Bertz CT molecular complexity index is 1350. The van der Waals surface area contributed by atoms with E-state index in [-0.39, 0.29) is 16.7 Å². The summed E-state index contributed by atoms with van der Waals surface area (Å²) >= 11 is 0. The van der Waals surface area contributed by atoms with E-state index >= 15 is 0 Å². The van der Waals surface area contributed by atoms with E-state index in [1.807, 2.05) is 42.5 Å². The molecule has 1 aliphatic rings. The number of methoxy groups -OCH3 is 1. The molecule has 6 nitrogen and oxygen atoms in total. The van der Waals surface area contributed by atoms with E-state index in [0.717, 1.165) is 5.56 Å². The first-order chi connectivity index (χ1) is 18.0. The van der Waals surface area contributed by atoms with Crippen LogP contribution in [0.2, 0.25) is 0 Å². The second-order valence-corrected chi connectivity index (χ2v) is 10.9. The van der Waals surface area contributed by atoms with Gasteiger partial charge in [0.15, 0.2) is 0 Å². The van der Waals surface area contributed by atoms with E-state index in [0.29, 0.717) is 40.8 Å². The number of hydrogen-bond acceptors (Lipinski definition) is 5. The number of carbonyl (C=O) groups is 2. The zero-order valence-corrected chi connectivity index (χ0v) is 22.8. The lowest BCUT2D eigenvalue weighted by atomic mass is 9.87. The highest BCUT2D eigenvalue weighted by molar-refractivity contribution is 6.51. The number of rotatable bonds is 7. The van der Waals surface area contributed by atoms with Crippen LogP contribution in [0.1, 0.15) is 57.4 Å². The second-order valence-electron chi connectivity index (χ2n) is 10.9. The van der Waals surface area contributed by atoms with Crippen LogP contribution in [-0.4, -0.2) is 30.5 Å². The third kappa shape index (κ3) is 5.30. The third-order valence-corrected chi connectivity index (χ3v) is 6.60. The van der Waals surface area contributed by atoms with Crippen molar-refractivity contribution in [3.63, 3.8) is 0 Å². The van der Waals surface area contributed by atoms with Crippen molar-refractivity contribution in [3.05, 3.63) is 95.1 Å². The minimum atomic E-state index is -0.872. The Morgan fingerprint density at radius 3 is 2.16 bits per heavy atom. The summed E-state index contributed by atoms with van der Waals surface area (Å²) in [4.78, 5) is 28.4. The van der Waals surface area contributed by atoms with Gasteiger partial charge in [0.1, 0.15) is 17.3 Å². The summed E-state index contributed by atoms with van der Waals surface area (Å²) < 4.78 is 11.4. The molecule has 38 heavy (non-hydrogen) atoms. The Morgan fingerprint density at radius 2 is 1.58 bits per heavy atom. The van der Waals surface area contributed by atoms with Crippen molar-refractivity contribution < 1.29 is 24.2 Å². The number of amides is 1. The highest BCUT2D eigenvalue weighted by Crippen LogP contribution is 2.45. The molecule has 1 amide bonds. The molecular weight excluding hydrogens is 478 g/mol. The van der Waals surface area contributed by atoms with Gasteiger partial charge in [0.05, 0.1) is 25.3 Å². The molecule has 1 fully saturated rings. The van der Waals surface area contributed by atoms with Crippen molar-refractivity contribution in [1.29, 1.82) is 0 Å². The Kier molecular flexibility index (Phi) is 7.63. The molecule has 0 bridgehead atoms. The zero-order chi connectivity index (χ0) is 27.6. The van der Waals surface area contributed by atoms with E-state index in [1.165, 1.54) is 4.90 Å². The van der Waals surface area contributed by atoms with Gasteiger partial charge in [0.25, 0.3) is 11.7 Å². The van der Waals surface area contributed by atoms with Crippen LogP contribution in [-0.2, 0) is 15.0 Å². The molecule has 0 radical (unpaired) electrons. The number of hydrogen-bond donors (Lipinski definition) is 1. The van der Waals surface area contributed by atoms with Gasteiger partial charge in [0.2, 0.25) is 0 Å². The van der Waals surface area contributed by atoms with Gasteiger partial charge in [-0.1, -0.05) is 65.0 Å². The summed E-state index contributed by atoms with van der Waals surface area (Å²) in [5.41, 5.74) is 2.63. The number of anilines is 1. The summed E-state index contributed by atoms with van der Waals surface area (Å²) in [7, 11) is 1.54. The molecule has 1 unspecified atom stereocenters. The van der Waals surface area contributed by atoms with Crippen LogP contribution in [0.5, 0.6) is 11.5 Å². The molecule has 1 saturated heterocycles. The predicted molar refractivity (Wildman–Crippen MR) is 150 cm³/mol. The van der Waals surface area contributed by atoms with Crippen LogP contribution < -0.4 is 14.4 Å². The van der Waals surface area contributed by atoms with Crippen LogP contribution in [0, 0.1) is 5.92 Å². The standard InChI is InChI=1S/C32H35NO5/c1-20(2)19-38-24-17-11-21(12-18-24)29(34)27-28(25-9-7-8-10-26(25)37-6)33(31(36)30(27)35)23-15-13-22(14-16-23)32(3,4)5/h7-18,20,28,34H,19H2,1-6H3/b29-27+. The first-order valence-electron chi connectivity index (χ1n) is 12.8. The van der Waals surface area contributed by atoms with Gasteiger partial charge in [-0.2, -0.15) is 0 Å². The molecule has 0 aromatic heterocycles. The molecule has 3 aromatic rings. The SMILES string of the molecule is COc1ccccc1C1/C(=C(\O)c2ccc(OCC(C)C)cc2)C(=O)C(=O)N1c1ccc(C(C)(C)C)cc1. The van der Waals surface area contributed by atoms with Gasteiger partial charge in [-0.25, -0.2) is 0 Å². The van der Waals surface area contributed by atoms with Crippen LogP contribution in [0.15, 0.2) is 78.4 Å². The van der Waals surface area contributed by atoms with Gasteiger partial charge in [0, 0.05) is 16.8 Å². The maximum atomic E-state index is 13.5. The molecule has 0 aliphatic carbocycles. The summed E-state index contributed by atoms with van der Waals surface area (Å²) in [6.07, 6.45) is 0. The van der Waals surface area contributed by atoms with Gasteiger partial charge in [-0.3, -0.25) is 14.5 Å². The number of para-hydroxylation sites is 1. The number of ether oxygens (including phenoxy) is 2. The Morgan fingerprint density at radius 1 is 0.947 bits per heavy atom. The van der Waals surface area contributed by atoms with Gasteiger partial charge in [-0.15, -0.1) is 0 Å². The molecule has 3 aromatic carbocycles. The van der Waals surface area contributed by atoms with Crippen LogP contribution >= 0.6 is 0 Å². The maximum Gasteiger partial charge on any atom is 0.300 e. The minimum Gasteiger partial charge on any atom is -0.507 e. The first-order valence-corrected chi connectivity index (χ1v) is 12.8. The van der Waals surface area contributed by atoms with Gasteiger partial charge < -0.3 is 14.6 Å². The average molecular weight is 514 g/mol. The normalized spacial score (nSPS) is 17.2. The van der Waals surface area contributed by atoms with Crippen molar-refractivity contribution in [2.24, 2.45) is 5.92 Å². The largest absolute Gasteiger partial charge is 0.507 e. The van der Waals surface area contributed by atoms with Gasteiger partial charge >= 0.3 is 0 Å².